The number of rotatable bonds is 4. The van der Waals surface area contributed by atoms with Gasteiger partial charge < -0.3 is 10.2 Å². The van der Waals surface area contributed by atoms with Crippen molar-refractivity contribution in [1.29, 1.82) is 0 Å². The van der Waals surface area contributed by atoms with Crippen LogP contribution in [0.2, 0.25) is 0 Å². The number of anilines is 2. The molecule has 1 N–H and O–H groups in total. The lowest BCUT2D eigenvalue weighted by atomic mass is 9.88. The van der Waals surface area contributed by atoms with Crippen molar-refractivity contribution in [3.05, 3.63) is 23.8 Å². The van der Waals surface area contributed by atoms with Crippen molar-refractivity contribution >= 4 is 23.2 Å². The van der Waals surface area contributed by atoms with Gasteiger partial charge in [-0.15, -0.1) is 0 Å². The molecule has 124 valence electrons. The number of aryl methyl sites for hydroxylation is 1. The van der Waals surface area contributed by atoms with Crippen LogP contribution in [-0.4, -0.2) is 18.4 Å². The molecule has 1 aromatic rings. The Morgan fingerprint density at radius 2 is 2.00 bits per heavy atom. The first kappa shape index (κ1) is 16.0. The summed E-state index contributed by atoms with van der Waals surface area (Å²) in [4.78, 5) is 26.3. The van der Waals surface area contributed by atoms with Gasteiger partial charge in [0.1, 0.15) is 0 Å². The van der Waals surface area contributed by atoms with Gasteiger partial charge in [-0.2, -0.15) is 0 Å². The molecular weight excluding hydrogens is 288 g/mol. The highest BCUT2D eigenvalue weighted by atomic mass is 16.2. The number of hydrogen-bond acceptors (Lipinski definition) is 2. The number of nitrogens with one attached hydrogen (secondary N) is 1. The van der Waals surface area contributed by atoms with Gasteiger partial charge in [0.05, 0.1) is 0 Å². The van der Waals surface area contributed by atoms with Crippen LogP contribution in [0.3, 0.4) is 0 Å². The summed E-state index contributed by atoms with van der Waals surface area (Å²) >= 11 is 0. The van der Waals surface area contributed by atoms with Crippen LogP contribution in [0.4, 0.5) is 11.4 Å². The number of amides is 2. The topological polar surface area (TPSA) is 49.4 Å². The van der Waals surface area contributed by atoms with E-state index in [9.17, 15) is 9.59 Å². The monoisotopic (exact) mass is 314 g/mol. The third-order valence-electron chi connectivity index (χ3n) is 4.97. The zero-order chi connectivity index (χ0) is 16.2. The van der Waals surface area contributed by atoms with E-state index in [0.29, 0.717) is 6.42 Å². The van der Waals surface area contributed by atoms with Gasteiger partial charge >= 0.3 is 0 Å². The number of nitrogens with zero attached hydrogens (tertiary/aromatic N) is 1. The van der Waals surface area contributed by atoms with Crippen molar-refractivity contribution in [2.75, 3.05) is 16.8 Å². The van der Waals surface area contributed by atoms with Crippen molar-refractivity contribution in [1.82, 2.24) is 0 Å². The highest BCUT2D eigenvalue weighted by Crippen LogP contribution is 2.31. The molecule has 0 aromatic heterocycles. The highest BCUT2D eigenvalue weighted by molar-refractivity contribution is 5.98. The molecule has 0 bridgehead atoms. The van der Waals surface area contributed by atoms with Crippen LogP contribution < -0.4 is 10.2 Å². The fraction of sp³-hybridized carbons (Fsp3) is 0.579. The van der Waals surface area contributed by atoms with Gasteiger partial charge in [-0.25, -0.2) is 0 Å². The van der Waals surface area contributed by atoms with Crippen molar-refractivity contribution in [3.8, 4) is 0 Å². The summed E-state index contributed by atoms with van der Waals surface area (Å²) in [7, 11) is 0. The molecule has 0 atom stereocenters. The lowest BCUT2D eigenvalue weighted by molar-refractivity contribution is -0.121. The average Bonchev–Trinajstić information content (AvgIpc) is 2.58. The first-order valence-corrected chi connectivity index (χ1v) is 8.93. The van der Waals surface area contributed by atoms with Crippen molar-refractivity contribution in [2.45, 2.75) is 58.3 Å². The second kappa shape index (κ2) is 7.16. The SMILES string of the molecule is CCCN1C(=O)CCc2cc(NC(=O)C3CCCCC3)ccc21. The van der Waals surface area contributed by atoms with Gasteiger partial charge in [0.15, 0.2) is 0 Å². The number of carbonyl (C=O) groups excluding carboxylic acids is 2. The predicted octanol–water partition coefficient (Wildman–Crippen LogP) is 3.89. The van der Waals surface area contributed by atoms with Crippen molar-refractivity contribution < 1.29 is 9.59 Å². The molecular formula is C19H26N2O2. The maximum Gasteiger partial charge on any atom is 0.227 e. The lowest BCUT2D eigenvalue weighted by Gasteiger charge is -2.29. The van der Waals surface area contributed by atoms with Gasteiger partial charge in [-0.1, -0.05) is 26.2 Å². The average molecular weight is 314 g/mol. The summed E-state index contributed by atoms with van der Waals surface area (Å²) < 4.78 is 0. The third kappa shape index (κ3) is 3.57. The molecule has 4 nitrogen and oxygen atoms in total. The number of benzene rings is 1. The minimum absolute atomic E-state index is 0.155. The van der Waals surface area contributed by atoms with E-state index in [1.165, 1.54) is 12.0 Å². The Bertz CT molecular complexity index is 591. The number of carbonyl (C=O) groups is 2. The first-order chi connectivity index (χ1) is 11.2. The molecule has 2 amide bonds. The Labute approximate surface area is 138 Å². The Morgan fingerprint density at radius 3 is 2.74 bits per heavy atom. The molecule has 0 spiro atoms. The van der Waals surface area contributed by atoms with Crippen LogP contribution in [0.15, 0.2) is 18.2 Å². The van der Waals surface area contributed by atoms with Gasteiger partial charge in [0.25, 0.3) is 0 Å². The van der Waals surface area contributed by atoms with Crippen molar-refractivity contribution in [2.24, 2.45) is 5.92 Å². The zero-order valence-corrected chi connectivity index (χ0v) is 13.9. The zero-order valence-electron chi connectivity index (χ0n) is 13.9. The van der Waals surface area contributed by atoms with Crippen LogP contribution in [0, 0.1) is 5.92 Å². The van der Waals surface area contributed by atoms with Crippen LogP contribution in [0.1, 0.15) is 57.4 Å². The first-order valence-electron chi connectivity index (χ1n) is 8.93. The molecule has 3 rings (SSSR count). The van der Waals surface area contributed by atoms with E-state index in [4.69, 9.17) is 0 Å². The number of fused-ring (bicyclic) bond motifs is 1. The molecule has 1 saturated carbocycles. The minimum atomic E-state index is 0.155. The molecule has 23 heavy (non-hydrogen) atoms. The summed E-state index contributed by atoms with van der Waals surface area (Å²) in [6, 6.07) is 5.96. The fourth-order valence-electron chi connectivity index (χ4n) is 3.72. The van der Waals surface area contributed by atoms with Gasteiger partial charge in [0, 0.05) is 30.3 Å². The van der Waals surface area contributed by atoms with Crippen LogP contribution in [-0.2, 0) is 16.0 Å². The standard InChI is InChI=1S/C19H26N2O2/c1-2-12-21-17-10-9-16(13-15(17)8-11-18(21)22)20-19(23)14-6-4-3-5-7-14/h9-10,13-14H,2-8,11-12H2,1H3,(H,20,23). The molecule has 0 unspecified atom stereocenters. The van der Waals surface area contributed by atoms with Gasteiger partial charge in [-0.05, 0) is 49.4 Å². The summed E-state index contributed by atoms with van der Waals surface area (Å²) in [6.45, 7) is 2.85. The van der Waals surface area contributed by atoms with E-state index in [0.717, 1.165) is 56.4 Å². The maximum atomic E-state index is 12.4. The molecule has 0 radical (unpaired) electrons. The smallest absolute Gasteiger partial charge is 0.227 e. The summed E-state index contributed by atoms with van der Waals surface area (Å²) in [5.41, 5.74) is 3.04. The second-order valence-corrected chi connectivity index (χ2v) is 6.71. The quantitative estimate of drug-likeness (QED) is 0.916. The minimum Gasteiger partial charge on any atom is -0.326 e. The maximum absolute atomic E-state index is 12.4. The molecule has 1 aromatic carbocycles. The largest absolute Gasteiger partial charge is 0.326 e. The van der Waals surface area contributed by atoms with E-state index in [1.54, 1.807) is 0 Å². The third-order valence-corrected chi connectivity index (χ3v) is 4.97. The normalized spacial score (nSPS) is 18.7. The van der Waals surface area contributed by atoms with E-state index < -0.39 is 0 Å². The highest BCUT2D eigenvalue weighted by Gasteiger charge is 2.25. The van der Waals surface area contributed by atoms with Gasteiger partial charge in [0.2, 0.25) is 11.8 Å². The van der Waals surface area contributed by atoms with E-state index in [2.05, 4.69) is 12.2 Å². The Hall–Kier alpha value is -1.84. The van der Waals surface area contributed by atoms with Crippen molar-refractivity contribution in [3.63, 3.8) is 0 Å². The molecule has 4 heteroatoms. The van der Waals surface area contributed by atoms with E-state index >= 15 is 0 Å². The molecule has 1 fully saturated rings. The van der Waals surface area contributed by atoms with Crippen LogP contribution >= 0.6 is 0 Å². The molecule has 1 aliphatic carbocycles. The summed E-state index contributed by atoms with van der Waals surface area (Å²) in [5, 5.41) is 3.08. The fourth-order valence-corrected chi connectivity index (χ4v) is 3.72. The van der Waals surface area contributed by atoms with E-state index in [1.807, 2.05) is 23.1 Å². The van der Waals surface area contributed by atoms with Crippen LogP contribution in [0.5, 0.6) is 0 Å². The lowest BCUT2D eigenvalue weighted by Crippen LogP contribution is -2.35. The Kier molecular flexibility index (Phi) is 4.99. The molecule has 0 saturated heterocycles. The molecule has 2 aliphatic rings. The summed E-state index contributed by atoms with van der Waals surface area (Å²) in [5.74, 6) is 0.526. The molecule has 1 aliphatic heterocycles. The van der Waals surface area contributed by atoms with Gasteiger partial charge in [-0.3, -0.25) is 9.59 Å². The van der Waals surface area contributed by atoms with Crippen LogP contribution in [0.25, 0.3) is 0 Å². The Morgan fingerprint density at radius 1 is 1.22 bits per heavy atom. The second-order valence-electron chi connectivity index (χ2n) is 6.71. The number of hydrogen-bond donors (Lipinski definition) is 1. The van der Waals surface area contributed by atoms with E-state index in [-0.39, 0.29) is 17.7 Å². The Balaban J connectivity index is 1.73. The molecule has 1 heterocycles. The predicted molar refractivity (Wildman–Crippen MR) is 92.6 cm³/mol. The summed E-state index contributed by atoms with van der Waals surface area (Å²) in [6.07, 6.45) is 7.88.